The fourth-order valence-corrected chi connectivity index (χ4v) is 1.59. The topological polar surface area (TPSA) is 104 Å². The van der Waals surface area contributed by atoms with Crippen molar-refractivity contribution in [1.29, 1.82) is 0 Å². The van der Waals surface area contributed by atoms with Gasteiger partial charge in [0, 0.05) is 19.6 Å². The molecule has 0 aliphatic carbocycles. The fraction of sp³-hybridized carbons (Fsp3) is 0.545. The third-order valence-corrected chi connectivity index (χ3v) is 2.46. The first-order chi connectivity index (χ1) is 8.49. The van der Waals surface area contributed by atoms with E-state index in [4.69, 9.17) is 10.2 Å². The van der Waals surface area contributed by atoms with Crippen molar-refractivity contribution in [1.82, 2.24) is 15.1 Å². The zero-order chi connectivity index (χ0) is 13.7. The Kier molecular flexibility index (Phi) is 4.85. The number of aliphatic hydroxyl groups excluding tert-OH is 1. The molecule has 0 spiro atoms. The van der Waals surface area contributed by atoms with Gasteiger partial charge in [-0.15, -0.1) is 0 Å². The average molecular weight is 255 g/mol. The predicted molar refractivity (Wildman–Crippen MR) is 63.2 cm³/mol. The van der Waals surface area contributed by atoms with E-state index in [1.54, 1.807) is 13.0 Å². The third kappa shape index (κ3) is 3.30. The van der Waals surface area contributed by atoms with Crippen LogP contribution in [0.2, 0.25) is 0 Å². The van der Waals surface area contributed by atoms with Crippen LogP contribution in [0, 0.1) is 6.92 Å². The molecule has 1 heterocycles. The first-order valence-corrected chi connectivity index (χ1v) is 5.68. The molecule has 1 aromatic rings. The monoisotopic (exact) mass is 255 g/mol. The highest BCUT2D eigenvalue weighted by atomic mass is 16.4. The Labute approximate surface area is 104 Å². The number of hydrogen-bond acceptors (Lipinski definition) is 4. The SMILES string of the molecule is CCn1nc(C)cc1C(=O)N[C@H](CCO)C(=O)O. The van der Waals surface area contributed by atoms with E-state index in [9.17, 15) is 9.59 Å². The summed E-state index contributed by atoms with van der Waals surface area (Å²) >= 11 is 0. The number of hydrogen-bond donors (Lipinski definition) is 3. The van der Waals surface area contributed by atoms with Crippen molar-refractivity contribution in [2.24, 2.45) is 0 Å². The van der Waals surface area contributed by atoms with Crippen LogP contribution in [-0.2, 0) is 11.3 Å². The smallest absolute Gasteiger partial charge is 0.326 e. The molecular weight excluding hydrogens is 238 g/mol. The van der Waals surface area contributed by atoms with Gasteiger partial charge in [-0.25, -0.2) is 4.79 Å². The van der Waals surface area contributed by atoms with Gasteiger partial charge in [0.05, 0.1) is 5.69 Å². The van der Waals surface area contributed by atoms with E-state index in [0.717, 1.165) is 0 Å². The molecule has 0 aliphatic rings. The lowest BCUT2D eigenvalue weighted by atomic mass is 10.2. The summed E-state index contributed by atoms with van der Waals surface area (Å²) in [5.41, 5.74) is 1.01. The van der Waals surface area contributed by atoms with Crippen LogP contribution in [-0.4, -0.2) is 44.5 Å². The molecule has 7 nitrogen and oxygen atoms in total. The van der Waals surface area contributed by atoms with Gasteiger partial charge in [-0.3, -0.25) is 9.48 Å². The Morgan fingerprint density at radius 3 is 2.72 bits per heavy atom. The van der Waals surface area contributed by atoms with E-state index in [1.807, 2.05) is 6.92 Å². The number of amides is 1. The number of aliphatic hydroxyl groups is 1. The van der Waals surface area contributed by atoms with Crippen LogP contribution in [0.4, 0.5) is 0 Å². The summed E-state index contributed by atoms with van der Waals surface area (Å²) in [5.74, 6) is -1.67. The molecule has 1 atom stereocenters. The second-order valence-electron chi connectivity index (χ2n) is 3.86. The number of nitrogens with zero attached hydrogens (tertiary/aromatic N) is 2. The van der Waals surface area contributed by atoms with E-state index in [-0.39, 0.29) is 13.0 Å². The molecule has 1 amide bonds. The Hall–Kier alpha value is -1.89. The van der Waals surface area contributed by atoms with Gasteiger partial charge in [0.15, 0.2) is 0 Å². The number of carboxylic acids is 1. The molecule has 1 aromatic heterocycles. The third-order valence-electron chi connectivity index (χ3n) is 2.46. The first-order valence-electron chi connectivity index (χ1n) is 5.68. The zero-order valence-electron chi connectivity index (χ0n) is 10.4. The van der Waals surface area contributed by atoms with Gasteiger partial charge in [-0.1, -0.05) is 0 Å². The largest absolute Gasteiger partial charge is 0.480 e. The molecule has 0 saturated carbocycles. The van der Waals surface area contributed by atoms with Crippen molar-refractivity contribution >= 4 is 11.9 Å². The van der Waals surface area contributed by atoms with Crippen LogP contribution in [0.1, 0.15) is 29.5 Å². The molecule has 0 fully saturated rings. The number of aromatic nitrogens is 2. The second-order valence-corrected chi connectivity index (χ2v) is 3.86. The van der Waals surface area contributed by atoms with Crippen LogP contribution >= 0.6 is 0 Å². The lowest BCUT2D eigenvalue weighted by Crippen LogP contribution is -2.42. The Morgan fingerprint density at radius 1 is 1.56 bits per heavy atom. The van der Waals surface area contributed by atoms with Gasteiger partial charge < -0.3 is 15.5 Å². The highest BCUT2D eigenvalue weighted by Crippen LogP contribution is 2.05. The predicted octanol–water partition coefficient (Wildman–Crippen LogP) is -0.223. The number of carbonyl (C=O) groups is 2. The van der Waals surface area contributed by atoms with Crippen molar-refractivity contribution < 1.29 is 19.8 Å². The summed E-state index contributed by atoms with van der Waals surface area (Å²) < 4.78 is 1.50. The van der Waals surface area contributed by atoms with Gasteiger partial charge in [0.1, 0.15) is 11.7 Å². The standard InChI is InChI=1S/C11H17N3O4/c1-3-14-9(6-7(2)13-14)10(16)12-8(4-5-15)11(17)18/h6,8,15H,3-5H2,1-2H3,(H,12,16)(H,17,18)/t8-/m1/s1. The molecule has 0 unspecified atom stereocenters. The molecule has 3 N–H and O–H groups in total. The zero-order valence-corrected chi connectivity index (χ0v) is 10.4. The molecule has 0 saturated heterocycles. The maximum absolute atomic E-state index is 11.9. The summed E-state index contributed by atoms with van der Waals surface area (Å²) in [5, 5.41) is 24.1. The number of carboxylic acid groups (broad SMARTS) is 1. The Bertz CT molecular complexity index is 441. The second kappa shape index (κ2) is 6.15. The molecule has 0 aromatic carbocycles. The highest BCUT2D eigenvalue weighted by molar-refractivity contribution is 5.95. The minimum atomic E-state index is -1.17. The van der Waals surface area contributed by atoms with Crippen LogP contribution in [0.25, 0.3) is 0 Å². The van der Waals surface area contributed by atoms with Crippen molar-refractivity contribution in [2.45, 2.75) is 32.9 Å². The highest BCUT2D eigenvalue weighted by Gasteiger charge is 2.22. The maximum atomic E-state index is 11.9. The van der Waals surface area contributed by atoms with Gasteiger partial charge in [0.2, 0.25) is 0 Å². The van der Waals surface area contributed by atoms with Gasteiger partial charge in [-0.2, -0.15) is 5.10 Å². The number of aryl methyl sites for hydroxylation is 2. The molecule has 0 radical (unpaired) electrons. The molecule has 100 valence electrons. The summed E-state index contributed by atoms with van der Waals surface area (Å²) in [6, 6.07) is 0.500. The first kappa shape index (κ1) is 14.2. The van der Waals surface area contributed by atoms with Crippen molar-refractivity contribution in [2.75, 3.05) is 6.61 Å². The minimum absolute atomic E-state index is 0.0275. The van der Waals surface area contributed by atoms with E-state index in [2.05, 4.69) is 10.4 Å². The van der Waals surface area contributed by atoms with E-state index >= 15 is 0 Å². The lowest BCUT2D eigenvalue weighted by molar-refractivity contribution is -0.139. The van der Waals surface area contributed by atoms with E-state index in [1.165, 1.54) is 4.68 Å². The van der Waals surface area contributed by atoms with Gasteiger partial charge >= 0.3 is 5.97 Å². The van der Waals surface area contributed by atoms with Crippen LogP contribution < -0.4 is 5.32 Å². The Balaban J connectivity index is 2.83. The number of carbonyl (C=O) groups excluding carboxylic acids is 1. The molecule has 0 aliphatic heterocycles. The van der Waals surface area contributed by atoms with E-state index in [0.29, 0.717) is 17.9 Å². The molecular formula is C11H17N3O4. The summed E-state index contributed by atoms with van der Waals surface area (Å²) in [6.45, 7) is 3.81. The van der Waals surface area contributed by atoms with Gasteiger partial charge in [0.25, 0.3) is 5.91 Å². The van der Waals surface area contributed by atoms with Gasteiger partial charge in [-0.05, 0) is 19.9 Å². The van der Waals surface area contributed by atoms with E-state index < -0.39 is 17.9 Å². The maximum Gasteiger partial charge on any atom is 0.326 e. The van der Waals surface area contributed by atoms with Crippen molar-refractivity contribution in [3.63, 3.8) is 0 Å². The summed E-state index contributed by atoms with van der Waals surface area (Å²) in [4.78, 5) is 22.8. The number of rotatable bonds is 6. The minimum Gasteiger partial charge on any atom is -0.480 e. The van der Waals surface area contributed by atoms with Crippen LogP contribution in [0.15, 0.2) is 6.07 Å². The normalized spacial score (nSPS) is 12.2. The summed E-state index contributed by atoms with van der Waals surface area (Å²) in [7, 11) is 0. The lowest BCUT2D eigenvalue weighted by Gasteiger charge is -2.13. The summed E-state index contributed by atoms with van der Waals surface area (Å²) in [6.07, 6.45) is -0.0275. The van der Waals surface area contributed by atoms with Crippen LogP contribution in [0.3, 0.4) is 0 Å². The molecule has 7 heteroatoms. The number of nitrogens with one attached hydrogen (secondary N) is 1. The molecule has 18 heavy (non-hydrogen) atoms. The number of aliphatic carboxylic acids is 1. The molecule has 1 rings (SSSR count). The van der Waals surface area contributed by atoms with Crippen LogP contribution in [0.5, 0.6) is 0 Å². The van der Waals surface area contributed by atoms with Crippen molar-refractivity contribution in [3.8, 4) is 0 Å². The quantitative estimate of drug-likeness (QED) is 0.651. The van der Waals surface area contributed by atoms with Crippen molar-refractivity contribution in [3.05, 3.63) is 17.5 Å². The average Bonchev–Trinajstić information content (AvgIpc) is 2.69. The Morgan fingerprint density at radius 2 is 2.22 bits per heavy atom. The molecule has 0 bridgehead atoms. The fourth-order valence-electron chi connectivity index (χ4n) is 1.59.